The lowest BCUT2D eigenvalue weighted by Gasteiger charge is -2.37. The van der Waals surface area contributed by atoms with Gasteiger partial charge in [0.2, 0.25) is 52.5 Å². The van der Waals surface area contributed by atoms with Crippen molar-refractivity contribution in [1.29, 1.82) is 0 Å². The van der Waals surface area contributed by atoms with E-state index < -0.39 is 0 Å². The van der Waals surface area contributed by atoms with Gasteiger partial charge in [-0.2, -0.15) is 0 Å². The summed E-state index contributed by atoms with van der Waals surface area (Å²) in [6.45, 7) is 47.8. The van der Waals surface area contributed by atoms with E-state index in [2.05, 4.69) is 347 Å². The third kappa shape index (κ3) is 18.3. The molecule has 16 heteroatoms. The maximum atomic E-state index is 7.76. The zero-order valence-corrected chi connectivity index (χ0v) is 82.9. The van der Waals surface area contributed by atoms with E-state index in [4.69, 9.17) is 37.9 Å². The third-order valence-corrected chi connectivity index (χ3v) is 29.1. The van der Waals surface area contributed by atoms with Gasteiger partial charge in [0.1, 0.15) is 144 Å². The molecule has 0 spiro atoms. The predicted molar refractivity (Wildman–Crippen MR) is 527 cm³/mol. The van der Waals surface area contributed by atoms with E-state index in [0.29, 0.717) is 26.2 Å². The summed E-state index contributed by atoms with van der Waals surface area (Å²) in [6, 6.07) is 37.8. The van der Waals surface area contributed by atoms with Crippen LogP contribution >= 0.6 is 0 Å². The number of aromatic nitrogens is 8. The first-order chi connectivity index (χ1) is 64.0. The fourth-order valence-corrected chi connectivity index (χ4v) is 22.4. The SMILES string of the molecule is CCCCCC1c2cc3c4c(C[n+]5ccn(-c6c(C(C)C)cccc6C(C)C)c5)c2OCOc2c1cc1c(c2C[n+]2ccn(-c5c(C(C)C)cccc5C(C)C)c2)OCOc2c(cc5c(c2C[n+]2ccn(-c6c(C(C)C)cccc6C(C)C)c2)OCOc2c(cc(c(c2C[n+]2ccn(-c6c(C(C)C)cccc6C(C)C)c2)OCO4)C3CCCCC)C5CCCCC)C1CCCCC. The van der Waals surface area contributed by atoms with Crippen molar-refractivity contribution in [2.75, 3.05) is 27.2 Å². The number of imidazole rings is 4. The van der Waals surface area contributed by atoms with E-state index in [-0.39, 0.29) is 98.2 Å². The minimum absolute atomic E-state index is 0.0823. The molecule has 4 aromatic heterocycles. The number of nitrogens with zero attached hydrogens (tertiary/aromatic N) is 8. The second-order valence-corrected chi connectivity index (χ2v) is 40.9. The Kier molecular flexibility index (Phi) is 28.4. The van der Waals surface area contributed by atoms with Crippen LogP contribution in [0.3, 0.4) is 0 Å². The number of rotatable bonds is 36. The Labute approximate surface area is 787 Å². The zero-order chi connectivity index (χ0) is 92.4. The highest BCUT2D eigenvalue weighted by Gasteiger charge is 2.44. The van der Waals surface area contributed by atoms with Gasteiger partial charge in [0.15, 0.2) is 0 Å². The largest absolute Gasteiger partial charge is 0.457 e. The summed E-state index contributed by atoms with van der Waals surface area (Å²) in [5.41, 5.74) is 28.4. The highest BCUT2D eigenvalue weighted by molar-refractivity contribution is 5.70. The Bertz CT molecular complexity index is 5140. The van der Waals surface area contributed by atoms with Crippen molar-refractivity contribution in [3.05, 3.63) is 283 Å². The molecular formula is C116H148N8O8+4. The molecule has 16 nitrogen and oxygen atoms in total. The topological polar surface area (TPSA) is 109 Å². The first-order valence-electron chi connectivity index (χ1n) is 50.6. The van der Waals surface area contributed by atoms with Crippen LogP contribution in [0.15, 0.2) is 172 Å². The molecule has 1 aliphatic carbocycles. The molecule has 12 aromatic rings. The standard InChI is InChI=1S/C116H148N8O8/c1-21-25-29-37-89-93-57-95-90(38-30-26-22-2)97-59-99-92(40-32-28-24-4)100-60-98-91(39-31-27-23-3)96-58-94(89)110-102(62-118-50-54-122(66-118)106-83(75(9)10)43-34-44-84(106)76(11)12)112(96)128-71-130-114(98)104(64-120-52-56-124(68-120)108-87(79(17)18)47-36-48-88(108)80(19)20)116(100)132-72-131-115(99)103(63-119-51-55-123(67-119)107-85(77(13)14)45-35-46-86(107)78(15)16)113(97)129-70-127-111(95)101(109(93)125-69-126-110)61-117-49-53-121(65-117)105-81(73(5)6)41-33-42-82(105)74(7)8/h33-36,41-60,65-68,73-80,89-92H,21-32,37-40,61-64,69-72H2,1-20H3/q+4. The van der Waals surface area contributed by atoms with Crippen molar-refractivity contribution < 1.29 is 56.2 Å². The van der Waals surface area contributed by atoms with Crippen LogP contribution in [0.1, 0.15) is 423 Å². The lowest BCUT2D eigenvalue weighted by atomic mass is 9.74. The molecule has 0 amide bonds. The highest BCUT2D eigenvalue weighted by Crippen LogP contribution is 2.60. The van der Waals surface area contributed by atoms with Gasteiger partial charge in [-0.1, -0.05) is 288 Å². The van der Waals surface area contributed by atoms with Crippen LogP contribution in [-0.2, 0) is 26.2 Å². The summed E-state index contributed by atoms with van der Waals surface area (Å²) >= 11 is 0. The van der Waals surface area contributed by atoms with E-state index in [1.807, 2.05) is 0 Å². The molecule has 8 heterocycles. The van der Waals surface area contributed by atoms with Gasteiger partial charge in [0.05, 0.1) is 22.3 Å². The van der Waals surface area contributed by atoms with Crippen molar-refractivity contribution in [2.45, 2.75) is 338 Å². The molecule has 17 rings (SSSR count). The number of ether oxygens (including phenoxy) is 8. The molecule has 0 radical (unpaired) electrons. The van der Waals surface area contributed by atoms with E-state index in [1.54, 1.807) is 0 Å². The van der Waals surface area contributed by atoms with E-state index >= 15 is 0 Å². The third-order valence-electron chi connectivity index (χ3n) is 29.1. The Morgan fingerprint density at radius 3 is 0.568 bits per heavy atom. The quantitative estimate of drug-likeness (QED) is 0.0282. The summed E-state index contributed by atoms with van der Waals surface area (Å²) in [4.78, 5) is 0. The fraction of sp³-hybridized carbons (Fsp3) is 0.483. The van der Waals surface area contributed by atoms with Crippen LogP contribution in [0.5, 0.6) is 46.0 Å². The number of hydrogen-bond donors (Lipinski definition) is 0. The molecule has 0 saturated heterocycles. The van der Waals surface area contributed by atoms with Gasteiger partial charge in [-0.25, -0.2) is 36.5 Å². The number of benzene rings is 8. The van der Waals surface area contributed by atoms with E-state index in [1.165, 1.54) is 67.3 Å². The zero-order valence-electron chi connectivity index (χ0n) is 82.9. The minimum Gasteiger partial charge on any atom is -0.457 e. The predicted octanol–water partition coefficient (Wildman–Crippen LogP) is 27.3. The van der Waals surface area contributed by atoms with Gasteiger partial charge in [-0.3, -0.25) is 0 Å². The Morgan fingerprint density at radius 1 is 0.250 bits per heavy atom. The van der Waals surface area contributed by atoms with E-state index in [9.17, 15) is 0 Å². The van der Waals surface area contributed by atoms with Crippen LogP contribution in [0, 0.1) is 0 Å². The summed E-state index contributed by atoms with van der Waals surface area (Å²) in [6.07, 6.45) is 42.7. The monoisotopic (exact) mass is 1780 g/mol. The minimum atomic E-state index is -0.257. The summed E-state index contributed by atoms with van der Waals surface area (Å²) in [5.74, 6) is 7.66. The summed E-state index contributed by atoms with van der Waals surface area (Å²) in [7, 11) is 0. The lowest BCUT2D eigenvalue weighted by Crippen LogP contribution is -2.35. The van der Waals surface area contributed by atoms with Crippen molar-refractivity contribution in [3.8, 4) is 68.7 Å². The smallest absolute Gasteiger partial charge is 0.249 e. The van der Waals surface area contributed by atoms with Crippen LogP contribution < -0.4 is 56.2 Å². The van der Waals surface area contributed by atoms with Gasteiger partial charge >= 0.3 is 0 Å². The maximum absolute atomic E-state index is 7.76. The van der Waals surface area contributed by atoms with Gasteiger partial charge < -0.3 is 37.9 Å². The molecule has 132 heavy (non-hydrogen) atoms. The van der Waals surface area contributed by atoms with Gasteiger partial charge in [-0.05, 0) is 97.3 Å². The Balaban J connectivity index is 1.00. The maximum Gasteiger partial charge on any atom is 0.249 e. The number of hydrogen-bond acceptors (Lipinski definition) is 8. The van der Waals surface area contributed by atoms with Crippen LogP contribution in [0.2, 0.25) is 0 Å². The molecule has 5 aliphatic rings. The van der Waals surface area contributed by atoms with Crippen LogP contribution in [0.25, 0.3) is 22.7 Å². The fourth-order valence-electron chi connectivity index (χ4n) is 22.4. The normalized spacial score (nSPS) is 16.0. The first-order valence-corrected chi connectivity index (χ1v) is 50.6. The Morgan fingerprint density at radius 2 is 0.417 bits per heavy atom. The van der Waals surface area contributed by atoms with E-state index in [0.717, 1.165) is 215 Å². The van der Waals surface area contributed by atoms with Crippen molar-refractivity contribution >= 4 is 0 Å². The van der Waals surface area contributed by atoms with Crippen LogP contribution in [-0.4, -0.2) is 45.4 Å². The average Bonchev–Trinajstić information content (AvgIpc) is 0.729. The molecule has 0 fully saturated rings. The van der Waals surface area contributed by atoms with Gasteiger partial charge in [0, 0.05) is 113 Å². The van der Waals surface area contributed by atoms with Gasteiger partial charge in [0.25, 0.3) is 0 Å². The van der Waals surface area contributed by atoms with Crippen molar-refractivity contribution in [3.63, 3.8) is 0 Å². The molecule has 0 saturated carbocycles. The highest BCUT2D eigenvalue weighted by atomic mass is 16.7. The van der Waals surface area contributed by atoms with Gasteiger partial charge in [-0.15, -0.1) is 0 Å². The molecule has 0 N–H and O–H groups in total. The number of para-hydroxylation sites is 4. The number of unbranched alkanes of at least 4 members (excludes halogenated alkanes) is 8. The summed E-state index contributed by atoms with van der Waals surface area (Å²) in [5, 5.41) is 0. The molecule has 696 valence electrons. The second-order valence-electron chi connectivity index (χ2n) is 40.9. The van der Waals surface area contributed by atoms with Crippen LogP contribution in [0.4, 0.5) is 0 Å². The first kappa shape index (κ1) is 92.8. The molecule has 8 bridgehead atoms. The average molecular weight is 1780 g/mol. The second kappa shape index (κ2) is 40.4. The molecule has 0 unspecified atom stereocenters. The van der Waals surface area contributed by atoms with Crippen molar-refractivity contribution in [2.24, 2.45) is 0 Å². The molecular weight excluding hydrogens is 1630 g/mol. The van der Waals surface area contributed by atoms with Crippen molar-refractivity contribution in [1.82, 2.24) is 18.3 Å². The molecule has 0 atom stereocenters. The Hall–Kier alpha value is -11.0. The molecule has 8 aromatic carbocycles. The summed E-state index contributed by atoms with van der Waals surface area (Å²) < 4.78 is 81.0. The lowest BCUT2D eigenvalue weighted by molar-refractivity contribution is -0.687. The molecule has 4 aliphatic heterocycles.